The second-order valence-electron chi connectivity index (χ2n) is 4.71. The van der Waals surface area contributed by atoms with Crippen LogP contribution in [0.1, 0.15) is 37.7 Å². The van der Waals surface area contributed by atoms with Gasteiger partial charge in [0.15, 0.2) is 0 Å². The summed E-state index contributed by atoms with van der Waals surface area (Å²) in [5.74, 6) is 0.818. The maximum absolute atomic E-state index is 13.3. The highest BCUT2D eigenvalue weighted by atomic mass is 19.1. The van der Waals surface area contributed by atoms with Crippen molar-refractivity contribution in [3.8, 4) is 0 Å². The van der Waals surface area contributed by atoms with Gasteiger partial charge >= 0.3 is 0 Å². The summed E-state index contributed by atoms with van der Waals surface area (Å²) in [5, 5.41) is 3.20. The molecule has 1 unspecified atom stereocenters. The largest absolute Gasteiger partial charge is 0.323 e. The van der Waals surface area contributed by atoms with Crippen molar-refractivity contribution in [1.82, 2.24) is 14.9 Å². The molecule has 2 aromatic rings. The fourth-order valence-electron chi connectivity index (χ4n) is 2.24. The lowest BCUT2D eigenvalue weighted by atomic mass is 10.3. The van der Waals surface area contributed by atoms with E-state index in [9.17, 15) is 4.39 Å². The molecule has 1 aliphatic rings. The van der Waals surface area contributed by atoms with Gasteiger partial charge in [0, 0.05) is 6.04 Å². The molecule has 1 aromatic heterocycles. The second-order valence-corrected chi connectivity index (χ2v) is 4.71. The van der Waals surface area contributed by atoms with Gasteiger partial charge in [0.05, 0.1) is 17.1 Å². The van der Waals surface area contributed by atoms with E-state index >= 15 is 0 Å². The Morgan fingerprint density at radius 2 is 2.24 bits per heavy atom. The van der Waals surface area contributed by atoms with Crippen molar-refractivity contribution in [2.45, 2.75) is 31.8 Å². The summed E-state index contributed by atoms with van der Waals surface area (Å²) < 4.78 is 15.5. The summed E-state index contributed by atoms with van der Waals surface area (Å²) in [6.45, 7) is 2.08. The van der Waals surface area contributed by atoms with Gasteiger partial charge < -0.3 is 9.88 Å². The molecular formula is C13H16FN3. The van der Waals surface area contributed by atoms with Crippen LogP contribution < -0.4 is 5.32 Å². The number of benzene rings is 1. The zero-order valence-corrected chi connectivity index (χ0v) is 10.1. The third kappa shape index (κ3) is 1.72. The summed E-state index contributed by atoms with van der Waals surface area (Å²) in [6.07, 6.45) is 2.34. The zero-order chi connectivity index (χ0) is 12.0. The fraction of sp³-hybridized carbons (Fsp3) is 0.462. The van der Waals surface area contributed by atoms with Gasteiger partial charge in [-0.3, -0.25) is 0 Å². The van der Waals surface area contributed by atoms with Gasteiger partial charge in [-0.1, -0.05) is 0 Å². The Bertz CT molecular complexity index is 557. The second kappa shape index (κ2) is 3.81. The fourth-order valence-corrected chi connectivity index (χ4v) is 2.24. The number of halogens is 1. The minimum absolute atomic E-state index is 0.186. The van der Waals surface area contributed by atoms with Gasteiger partial charge in [0.2, 0.25) is 0 Å². The third-order valence-electron chi connectivity index (χ3n) is 3.41. The Balaban J connectivity index is 2.23. The maximum Gasteiger partial charge on any atom is 0.127 e. The molecule has 1 heterocycles. The van der Waals surface area contributed by atoms with Crippen LogP contribution in [0.2, 0.25) is 0 Å². The number of imidazole rings is 1. The molecule has 1 aromatic carbocycles. The van der Waals surface area contributed by atoms with E-state index in [4.69, 9.17) is 0 Å². The lowest BCUT2D eigenvalue weighted by molar-refractivity contribution is 0.564. The first-order chi connectivity index (χ1) is 8.20. The average Bonchev–Trinajstić information content (AvgIpc) is 3.09. The molecule has 3 nitrogen and oxygen atoms in total. The Kier molecular flexibility index (Phi) is 2.40. The summed E-state index contributed by atoms with van der Waals surface area (Å²) in [4.78, 5) is 4.62. The third-order valence-corrected chi connectivity index (χ3v) is 3.41. The molecule has 90 valence electrons. The molecule has 0 bridgehead atoms. The summed E-state index contributed by atoms with van der Waals surface area (Å²) in [6, 6.07) is 5.51. The van der Waals surface area contributed by atoms with Gasteiger partial charge in [-0.15, -0.1) is 0 Å². The van der Waals surface area contributed by atoms with Crippen LogP contribution in [0.5, 0.6) is 0 Å². The van der Waals surface area contributed by atoms with Crippen molar-refractivity contribution >= 4 is 11.0 Å². The van der Waals surface area contributed by atoms with Gasteiger partial charge in [-0.2, -0.15) is 0 Å². The lowest BCUT2D eigenvalue weighted by Gasteiger charge is -2.13. The van der Waals surface area contributed by atoms with Crippen LogP contribution in [0.4, 0.5) is 4.39 Å². The van der Waals surface area contributed by atoms with Crippen molar-refractivity contribution in [2.75, 3.05) is 7.05 Å². The number of hydrogen-bond donors (Lipinski definition) is 1. The molecule has 0 amide bonds. The number of nitrogens with zero attached hydrogens (tertiary/aromatic N) is 2. The summed E-state index contributed by atoms with van der Waals surface area (Å²) in [5.41, 5.74) is 1.81. The van der Waals surface area contributed by atoms with E-state index < -0.39 is 0 Å². The maximum atomic E-state index is 13.3. The minimum Gasteiger partial charge on any atom is -0.323 e. The predicted octanol–water partition coefficient (Wildman–Crippen LogP) is 2.79. The van der Waals surface area contributed by atoms with Crippen molar-refractivity contribution in [3.63, 3.8) is 0 Å². The highest BCUT2D eigenvalue weighted by Gasteiger charge is 2.29. The molecule has 1 N–H and O–H groups in total. The molecule has 17 heavy (non-hydrogen) atoms. The quantitative estimate of drug-likeness (QED) is 0.883. The van der Waals surface area contributed by atoms with E-state index in [-0.39, 0.29) is 11.9 Å². The van der Waals surface area contributed by atoms with E-state index in [0.717, 1.165) is 16.9 Å². The first-order valence-electron chi connectivity index (χ1n) is 6.05. The zero-order valence-electron chi connectivity index (χ0n) is 10.1. The van der Waals surface area contributed by atoms with E-state index in [1.807, 2.05) is 7.05 Å². The van der Waals surface area contributed by atoms with Gasteiger partial charge in [-0.05, 0) is 45.0 Å². The molecule has 1 fully saturated rings. The van der Waals surface area contributed by atoms with Gasteiger partial charge in [0.1, 0.15) is 11.6 Å². The van der Waals surface area contributed by atoms with Crippen molar-refractivity contribution in [2.24, 2.45) is 0 Å². The number of nitrogens with one attached hydrogen (secondary N) is 1. The Morgan fingerprint density at radius 1 is 1.47 bits per heavy atom. The predicted molar refractivity (Wildman–Crippen MR) is 65.4 cm³/mol. The number of hydrogen-bond acceptors (Lipinski definition) is 2. The lowest BCUT2D eigenvalue weighted by Crippen LogP contribution is -2.17. The monoisotopic (exact) mass is 233 g/mol. The van der Waals surface area contributed by atoms with E-state index in [1.54, 1.807) is 12.1 Å². The van der Waals surface area contributed by atoms with E-state index in [0.29, 0.717) is 6.04 Å². The van der Waals surface area contributed by atoms with Crippen LogP contribution in [0, 0.1) is 5.82 Å². The average molecular weight is 233 g/mol. The normalized spacial score (nSPS) is 17.6. The van der Waals surface area contributed by atoms with Crippen molar-refractivity contribution in [1.29, 1.82) is 0 Å². The topological polar surface area (TPSA) is 29.9 Å². The van der Waals surface area contributed by atoms with Crippen LogP contribution in [-0.2, 0) is 0 Å². The molecule has 0 aliphatic heterocycles. The van der Waals surface area contributed by atoms with Crippen molar-refractivity contribution in [3.05, 3.63) is 29.8 Å². The highest BCUT2D eigenvalue weighted by Crippen LogP contribution is 2.39. The smallest absolute Gasteiger partial charge is 0.127 e. The molecule has 0 spiro atoms. The summed E-state index contributed by atoms with van der Waals surface area (Å²) >= 11 is 0. The molecule has 1 aliphatic carbocycles. The molecule has 4 heteroatoms. The van der Waals surface area contributed by atoms with Crippen LogP contribution in [0.15, 0.2) is 18.2 Å². The Labute approximate surface area is 99.7 Å². The Morgan fingerprint density at radius 3 is 2.88 bits per heavy atom. The van der Waals surface area contributed by atoms with Crippen LogP contribution in [0.25, 0.3) is 11.0 Å². The van der Waals surface area contributed by atoms with Crippen LogP contribution in [-0.4, -0.2) is 16.6 Å². The number of rotatable bonds is 3. The van der Waals surface area contributed by atoms with Crippen LogP contribution >= 0.6 is 0 Å². The standard InChI is InChI=1S/C13H16FN3/c1-8(15-2)13-16-11-6-3-9(14)7-12(11)17(13)10-4-5-10/h3,6-8,10,15H,4-5H2,1-2H3. The Hall–Kier alpha value is -1.42. The SMILES string of the molecule is CNC(C)c1nc2ccc(F)cc2n1C1CC1. The molecule has 3 rings (SSSR count). The van der Waals surface area contributed by atoms with Crippen molar-refractivity contribution < 1.29 is 4.39 Å². The molecular weight excluding hydrogens is 217 g/mol. The van der Waals surface area contributed by atoms with Crippen LogP contribution in [0.3, 0.4) is 0 Å². The number of aromatic nitrogens is 2. The first kappa shape index (κ1) is 10.7. The molecule has 0 radical (unpaired) electrons. The van der Waals surface area contributed by atoms with E-state index in [1.165, 1.54) is 18.9 Å². The molecule has 1 atom stereocenters. The molecule has 0 saturated heterocycles. The highest BCUT2D eigenvalue weighted by molar-refractivity contribution is 5.76. The van der Waals surface area contributed by atoms with E-state index in [2.05, 4.69) is 21.8 Å². The van der Waals surface area contributed by atoms with Gasteiger partial charge in [0.25, 0.3) is 0 Å². The minimum atomic E-state index is -0.192. The molecule has 1 saturated carbocycles. The first-order valence-corrected chi connectivity index (χ1v) is 6.05. The summed E-state index contributed by atoms with van der Waals surface area (Å²) in [7, 11) is 1.92. The van der Waals surface area contributed by atoms with Gasteiger partial charge in [-0.25, -0.2) is 9.37 Å². The number of fused-ring (bicyclic) bond motifs is 1.